The van der Waals surface area contributed by atoms with Gasteiger partial charge in [-0.1, -0.05) is 46.4 Å². The standard InChI is InChI=1S/C5H6Cl4N2O3/c6-4(5(7,8)9)14-1(2(10)12)3(11)13/h1,4H,(H2,10,12)(H2,11,13). The molecule has 0 saturated heterocycles. The first-order valence-electron chi connectivity index (χ1n) is 3.11. The molecule has 0 aliphatic carbocycles. The van der Waals surface area contributed by atoms with E-state index in [0.717, 1.165) is 0 Å². The van der Waals surface area contributed by atoms with Crippen molar-refractivity contribution >= 4 is 58.2 Å². The molecular weight excluding hydrogens is 278 g/mol. The van der Waals surface area contributed by atoms with Crippen molar-refractivity contribution in [1.82, 2.24) is 0 Å². The summed E-state index contributed by atoms with van der Waals surface area (Å²) >= 11 is 21.3. The summed E-state index contributed by atoms with van der Waals surface area (Å²) in [6.45, 7) is 0. The SMILES string of the molecule is NC(=O)C(OC(Cl)C(Cl)(Cl)Cl)C(N)=O. The second-order valence-corrected chi connectivity index (χ2v) is 4.94. The maximum Gasteiger partial charge on any atom is 0.256 e. The van der Waals surface area contributed by atoms with Crippen LogP contribution in [-0.4, -0.2) is 27.3 Å². The Bertz CT molecular complexity index is 228. The topological polar surface area (TPSA) is 95.4 Å². The lowest BCUT2D eigenvalue weighted by Crippen LogP contribution is -2.45. The number of ether oxygens (including phenoxy) is 1. The van der Waals surface area contributed by atoms with Crippen LogP contribution in [0.2, 0.25) is 0 Å². The first-order chi connectivity index (χ1) is 6.16. The van der Waals surface area contributed by atoms with Crippen molar-refractivity contribution in [3.05, 3.63) is 0 Å². The monoisotopic (exact) mass is 282 g/mol. The molecule has 1 atom stereocenters. The third-order valence-corrected chi connectivity index (χ3v) is 2.39. The molecule has 0 heterocycles. The average Bonchev–Trinajstić information content (AvgIpc) is 1.96. The second kappa shape index (κ2) is 5.23. The van der Waals surface area contributed by atoms with Gasteiger partial charge in [-0.25, -0.2) is 0 Å². The summed E-state index contributed by atoms with van der Waals surface area (Å²) in [4.78, 5) is 21.2. The van der Waals surface area contributed by atoms with E-state index in [2.05, 4.69) is 4.74 Å². The molecule has 0 aromatic carbocycles. The van der Waals surface area contributed by atoms with Crippen LogP contribution >= 0.6 is 46.4 Å². The minimum atomic E-state index is -2.00. The molecule has 14 heavy (non-hydrogen) atoms. The molecule has 0 aliphatic rings. The molecule has 0 spiro atoms. The Morgan fingerprint density at radius 1 is 1.14 bits per heavy atom. The van der Waals surface area contributed by atoms with Crippen LogP contribution in [0.25, 0.3) is 0 Å². The van der Waals surface area contributed by atoms with Crippen LogP contribution < -0.4 is 11.5 Å². The largest absolute Gasteiger partial charge is 0.367 e. The van der Waals surface area contributed by atoms with Crippen molar-refractivity contribution in [3.63, 3.8) is 0 Å². The normalized spacial score (nSPS) is 14.1. The minimum absolute atomic E-state index is 1.11. The molecule has 82 valence electrons. The zero-order valence-corrected chi connectivity index (χ0v) is 9.57. The molecule has 2 amide bonds. The van der Waals surface area contributed by atoms with Crippen LogP contribution in [0.4, 0.5) is 0 Å². The molecule has 0 bridgehead atoms. The van der Waals surface area contributed by atoms with E-state index in [1.807, 2.05) is 0 Å². The smallest absolute Gasteiger partial charge is 0.256 e. The number of carbonyl (C=O) groups excluding carboxylic acids is 2. The number of nitrogens with two attached hydrogens (primary N) is 2. The number of amides is 2. The van der Waals surface area contributed by atoms with E-state index in [1.54, 1.807) is 0 Å². The van der Waals surface area contributed by atoms with Gasteiger partial charge < -0.3 is 16.2 Å². The van der Waals surface area contributed by atoms with Crippen LogP contribution in [0.3, 0.4) is 0 Å². The quantitative estimate of drug-likeness (QED) is 0.573. The molecule has 5 nitrogen and oxygen atoms in total. The summed E-state index contributed by atoms with van der Waals surface area (Å²) in [5.41, 5.74) is 8.04. The fraction of sp³-hybridized carbons (Fsp3) is 0.600. The Labute approximate surface area is 99.5 Å². The molecule has 0 aromatic heterocycles. The molecule has 0 radical (unpaired) electrons. The van der Waals surface area contributed by atoms with Crippen molar-refractivity contribution in [2.75, 3.05) is 0 Å². The lowest BCUT2D eigenvalue weighted by atomic mass is 10.3. The maximum absolute atomic E-state index is 10.6. The predicted molar refractivity (Wildman–Crippen MR) is 53.2 cm³/mol. The molecule has 0 aromatic rings. The van der Waals surface area contributed by atoms with E-state index < -0.39 is 27.3 Å². The summed E-state index contributed by atoms with van der Waals surface area (Å²) in [7, 11) is 0. The molecule has 0 aliphatic heterocycles. The Morgan fingerprint density at radius 2 is 1.50 bits per heavy atom. The van der Waals surface area contributed by atoms with Gasteiger partial charge in [-0.05, 0) is 0 Å². The highest BCUT2D eigenvalue weighted by Gasteiger charge is 2.37. The van der Waals surface area contributed by atoms with Crippen LogP contribution in [0.1, 0.15) is 0 Å². The molecule has 0 saturated carbocycles. The van der Waals surface area contributed by atoms with Gasteiger partial charge in [0.2, 0.25) is 9.90 Å². The third-order valence-electron chi connectivity index (χ3n) is 1.03. The summed E-state index contributed by atoms with van der Waals surface area (Å²) in [6.07, 6.45) is -1.73. The van der Waals surface area contributed by atoms with Crippen LogP contribution in [0.15, 0.2) is 0 Å². The van der Waals surface area contributed by atoms with Gasteiger partial charge in [0.05, 0.1) is 0 Å². The molecule has 9 heteroatoms. The van der Waals surface area contributed by atoms with Gasteiger partial charge in [-0.3, -0.25) is 9.59 Å². The second-order valence-electron chi connectivity index (χ2n) is 2.18. The molecule has 1 unspecified atom stereocenters. The highest BCUT2D eigenvalue weighted by atomic mass is 35.6. The highest BCUT2D eigenvalue weighted by molar-refractivity contribution is 6.70. The van der Waals surface area contributed by atoms with Crippen molar-refractivity contribution in [2.24, 2.45) is 11.5 Å². The molecular formula is C5H6Cl4N2O3. The van der Waals surface area contributed by atoms with Gasteiger partial charge in [0.1, 0.15) is 0 Å². The number of alkyl halides is 4. The number of halogens is 4. The fourth-order valence-electron chi connectivity index (χ4n) is 0.471. The van der Waals surface area contributed by atoms with Crippen molar-refractivity contribution in [2.45, 2.75) is 15.5 Å². The van der Waals surface area contributed by atoms with Gasteiger partial charge in [-0.2, -0.15) is 0 Å². The van der Waals surface area contributed by atoms with E-state index in [9.17, 15) is 9.59 Å². The van der Waals surface area contributed by atoms with E-state index in [1.165, 1.54) is 0 Å². The number of hydrogen-bond acceptors (Lipinski definition) is 3. The Hall–Kier alpha value is 0.0600. The van der Waals surface area contributed by atoms with E-state index in [0.29, 0.717) is 0 Å². The minimum Gasteiger partial charge on any atom is -0.367 e. The Balaban J connectivity index is 4.47. The Morgan fingerprint density at radius 3 is 1.71 bits per heavy atom. The first kappa shape index (κ1) is 14.1. The van der Waals surface area contributed by atoms with E-state index >= 15 is 0 Å². The zero-order chi connectivity index (χ0) is 11.5. The first-order valence-corrected chi connectivity index (χ1v) is 4.68. The molecule has 0 fully saturated rings. The van der Waals surface area contributed by atoms with Crippen molar-refractivity contribution < 1.29 is 14.3 Å². The van der Waals surface area contributed by atoms with Gasteiger partial charge in [0.15, 0.2) is 5.56 Å². The van der Waals surface area contributed by atoms with Gasteiger partial charge in [-0.15, -0.1) is 0 Å². The molecule has 4 N–H and O–H groups in total. The Kier molecular flexibility index (Phi) is 5.25. The van der Waals surface area contributed by atoms with Crippen LogP contribution in [0.5, 0.6) is 0 Å². The van der Waals surface area contributed by atoms with Gasteiger partial charge >= 0.3 is 0 Å². The average molecular weight is 284 g/mol. The van der Waals surface area contributed by atoms with Crippen molar-refractivity contribution in [3.8, 4) is 0 Å². The summed E-state index contributed by atoms with van der Waals surface area (Å²) < 4.78 is 2.56. The van der Waals surface area contributed by atoms with E-state index in [-0.39, 0.29) is 0 Å². The van der Waals surface area contributed by atoms with Crippen molar-refractivity contribution in [1.29, 1.82) is 0 Å². The lowest BCUT2D eigenvalue weighted by molar-refractivity contribution is -0.142. The number of primary amides is 2. The van der Waals surface area contributed by atoms with Gasteiger partial charge in [0, 0.05) is 0 Å². The maximum atomic E-state index is 10.6. The fourth-order valence-corrected chi connectivity index (χ4v) is 0.728. The van der Waals surface area contributed by atoms with Gasteiger partial charge in [0.25, 0.3) is 11.8 Å². The summed E-state index contributed by atoms with van der Waals surface area (Å²) in [6, 6.07) is 0. The lowest BCUT2D eigenvalue weighted by Gasteiger charge is -2.21. The molecule has 0 rings (SSSR count). The van der Waals surface area contributed by atoms with Crippen LogP contribution in [-0.2, 0) is 14.3 Å². The van der Waals surface area contributed by atoms with E-state index in [4.69, 9.17) is 57.9 Å². The highest BCUT2D eigenvalue weighted by Crippen LogP contribution is 2.34. The number of rotatable bonds is 4. The summed E-state index contributed by atoms with van der Waals surface area (Å²) in [5.74, 6) is -2.23. The number of carbonyl (C=O) groups is 2. The number of hydrogen-bond donors (Lipinski definition) is 2. The predicted octanol–water partition coefficient (Wildman–Crippen LogP) is 0.277. The zero-order valence-electron chi connectivity index (χ0n) is 6.55. The van der Waals surface area contributed by atoms with Crippen LogP contribution in [0, 0.1) is 0 Å². The third kappa shape index (κ3) is 4.52. The summed E-state index contributed by atoms with van der Waals surface area (Å²) in [5, 5.41) is 0.